The third kappa shape index (κ3) is 4.52. The Morgan fingerprint density at radius 3 is 2.42 bits per heavy atom. The lowest BCUT2D eigenvalue weighted by molar-refractivity contribution is -0.119. The zero-order valence-electron chi connectivity index (χ0n) is 15.2. The molecule has 1 fully saturated rings. The SMILES string of the molecule is CC1=CC=CC(C(=O)Nc2ccccc2NC(=O)C2CCCC(C)N2)N1. The number of nitrogens with one attached hydrogen (secondary N) is 4. The summed E-state index contributed by atoms with van der Waals surface area (Å²) < 4.78 is 0. The van der Waals surface area contributed by atoms with Crippen LogP contribution in [0.25, 0.3) is 0 Å². The molecule has 0 bridgehead atoms. The Labute approximate surface area is 154 Å². The van der Waals surface area contributed by atoms with Crippen LogP contribution in [0.15, 0.2) is 48.2 Å². The predicted molar refractivity (Wildman–Crippen MR) is 104 cm³/mol. The van der Waals surface area contributed by atoms with Crippen molar-refractivity contribution >= 4 is 23.2 Å². The van der Waals surface area contributed by atoms with Gasteiger partial charge in [0.2, 0.25) is 5.91 Å². The smallest absolute Gasteiger partial charge is 0.250 e. The first-order valence-corrected chi connectivity index (χ1v) is 9.11. The van der Waals surface area contributed by atoms with Gasteiger partial charge in [-0.3, -0.25) is 9.59 Å². The molecule has 26 heavy (non-hydrogen) atoms. The lowest BCUT2D eigenvalue weighted by Crippen LogP contribution is -2.47. The summed E-state index contributed by atoms with van der Waals surface area (Å²) in [7, 11) is 0. The van der Waals surface area contributed by atoms with Crippen LogP contribution in [0.3, 0.4) is 0 Å². The van der Waals surface area contributed by atoms with Gasteiger partial charge in [0, 0.05) is 11.7 Å². The summed E-state index contributed by atoms with van der Waals surface area (Å²) >= 11 is 0. The second-order valence-electron chi connectivity index (χ2n) is 6.93. The van der Waals surface area contributed by atoms with E-state index in [0.29, 0.717) is 17.4 Å². The highest BCUT2D eigenvalue weighted by Crippen LogP contribution is 2.23. The Hall–Kier alpha value is -2.60. The topological polar surface area (TPSA) is 82.3 Å². The molecule has 3 rings (SSSR count). The van der Waals surface area contributed by atoms with Crippen LogP contribution in [0.2, 0.25) is 0 Å². The van der Waals surface area contributed by atoms with Crippen LogP contribution in [0.1, 0.15) is 33.1 Å². The van der Waals surface area contributed by atoms with E-state index in [2.05, 4.69) is 28.2 Å². The molecule has 4 N–H and O–H groups in total. The molecular weight excluding hydrogens is 328 g/mol. The molecule has 0 saturated carbocycles. The highest BCUT2D eigenvalue weighted by Gasteiger charge is 2.25. The van der Waals surface area contributed by atoms with Gasteiger partial charge in [0.05, 0.1) is 17.4 Å². The minimum absolute atomic E-state index is 0.0623. The Morgan fingerprint density at radius 2 is 1.77 bits per heavy atom. The highest BCUT2D eigenvalue weighted by molar-refractivity contribution is 6.03. The number of hydrogen-bond donors (Lipinski definition) is 4. The summed E-state index contributed by atoms with van der Waals surface area (Å²) in [6, 6.07) is 6.99. The van der Waals surface area contributed by atoms with E-state index in [-0.39, 0.29) is 17.9 Å². The van der Waals surface area contributed by atoms with Gasteiger partial charge < -0.3 is 21.3 Å². The van der Waals surface area contributed by atoms with Crippen LogP contribution < -0.4 is 21.3 Å². The van der Waals surface area contributed by atoms with E-state index in [0.717, 1.165) is 25.0 Å². The molecule has 3 unspecified atom stereocenters. The largest absolute Gasteiger partial charge is 0.374 e. The van der Waals surface area contributed by atoms with Crippen LogP contribution in [0.4, 0.5) is 11.4 Å². The maximum Gasteiger partial charge on any atom is 0.250 e. The van der Waals surface area contributed by atoms with E-state index in [9.17, 15) is 9.59 Å². The summed E-state index contributed by atoms with van der Waals surface area (Å²) in [4.78, 5) is 25.1. The number of allylic oxidation sites excluding steroid dienone is 3. The van der Waals surface area contributed by atoms with Gasteiger partial charge >= 0.3 is 0 Å². The van der Waals surface area contributed by atoms with Crippen LogP contribution in [-0.4, -0.2) is 29.9 Å². The van der Waals surface area contributed by atoms with Crippen molar-refractivity contribution in [2.75, 3.05) is 10.6 Å². The fourth-order valence-corrected chi connectivity index (χ4v) is 3.28. The Balaban J connectivity index is 1.66. The van der Waals surface area contributed by atoms with E-state index in [1.165, 1.54) is 0 Å². The third-order valence-electron chi connectivity index (χ3n) is 4.69. The number of piperidine rings is 1. The number of benzene rings is 1. The zero-order chi connectivity index (χ0) is 18.5. The van der Waals surface area contributed by atoms with Gasteiger partial charge in [0.1, 0.15) is 6.04 Å². The Morgan fingerprint density at radius 1 is 1.08 bits per heavy atom. The molecule has 1 aromatic carbocycles. The summed E-state index contributed by atoms with van der Waals surface area (Å²) in [6.07, 6.45) is 8.53. The summed E-state index contributed by atoms with van der Waals surface area (Å²) in [6.45, 7) is 4.00. The first kappa shape index (κ1) is 18.2. The molecule has 2 aliphatic rings. The van der Waals surface area contributed by atoms with Crippen molar-refractivity contribution in [1.29, 1.82) is 0 Å². The maximum absolute atomic E-state index is 12.6. The van der Waals surface area contributed by atoms with Crippen molar-refractivity contribution in [2.45, 2.75) is 51.2 Å². The molecule has 0 spiro atoms. The van der Waals surface area contributed by atoms with E-state index in [1.54, 1.807) is 18.2 Å². The molecule has 2 amide bonds. The van der Waals surface area contributed by atoms with Crippen LogP contribution in [0, 0.1) is 0 Å². The molecule has 0 aromatic heterocycles. The lowest BCUT2D eigenvalue weighted by atomic mass is 9.99. The van der Waals surface area contributed by atoms with Crippen molar-refractivity contribution in [3.05, 3.63) is 48.2 Å². The van der Waals surface area contributed by atoms with Gasteiger partial charge in [-0.25, -0.2) is 0 Å². The molecule has 6 heteroatoms. The summed E-state index contributed by atoms with van der Waals surface area (Å²) in [5.74, 6) is -0.229. The molecule has 1 aromatic rings. The van der Waals surface area contributed by atoms with Crippen LogP contribution in [0.5, 0.6) is 0 Å². The molecular formula is C20H26N4O2. The second-order valence-corrected chi connectivity index (χ2v) is 6.93. The van der Waals surface area contributed by atoms with Gasteiger partial charge in [-0.15, -0.1) is 0 Å². The van der Waals surface area contributed by atoms with Crippen LogP contribution >= 0.6 is 0 Å². The van der Waals surface area contributed by atoms with E-state index >= 15 is 0 Å². The van der Waals surface area contributed by atoms with Crippen molar-refractivity contribution < 1.29 is 9.59 Å². The van der Waals surface area contributed by atoms with Crippen LogP contribution in [-0.2, 0) is 9.59 Å². The Kier molecular flexibility index (Phi) is 5.73. The van der Waals surface area contributed by atoms with Gasteiger partial charge in [-0.1, -0.05) is 24.3 Å². The zero-order valence-corrected chi connectivity index (χ0v) is 15.2. The molecule has 2 heterocycles. The molecule has 1 saturated heterocycles. The Bertz CT molecular complexity index is 741. The lowest BCUT2D eigenvalue weighted by Gasteiger charge is -2.28. The fourth-order valence-electron chi connectivity index (χ4n) is 3.28. The van der Waals surface area contributed by atoms with Crippen molar-refractivity contribution in [3.63, 3.8) is 0 Å². The van der Waals surface area contributed by atoms with E-state index in [4.69, 9.17) is 0 Å². The average Bonchev–Trinajstić information content (AvgIpc) is 2.63. The number of dihydropyridines is 1. The number of carbonyl (C=O) groups is 2. The van der Waals surface area contributed by atoms with Crippen molar-refractivity contribution in [2.24, 2.45) is 0 Å². The van der Waals surface area contributed by atoms with E-state index < -0.39 is 6.04 Å². The number of amides is 2. The molecule has 6 nitrogen and oxygen atoms in total. The molecule has 3 atom stereocenters. The number of para-hydroxylation sites is 2. The number of carbonyl (C=O) groups excluding carboxylic acids is 2. The third-order valence-corrected chi connectivity index (χ3v) is 4.69. The first-order valence-electron chi connectivity index (χ1n) is 9.11. The van der Waals surface area contributed by atoms with Gasteiger partial charge in [0.25, 0.3) is 5.91 Å². The highest BCUT2D eigenvalue weighted by atomic mass is 16.2. The van der Waals surface area contributed by atoms with Crippen molar-refractivity contribution in [1.82, 2.24) is 10.6 Å². The summed E-state index contributed by atoms with van der Waals surface area (Å²) in [5.41, 5.74) is 2.14. The number of anilines is 2. The quantitative estimate of drug-likeness (QED) is 0.670. The fraction of sp³-hybridized carbons (Fsp3) is 0.400. The predicted octanol–water partition coefficient (Wildman–Crippen LogP) is 2.53. The maximum atomic E-state index is 12.6. The monoisotopic (exact) mass is 354 g/mol. The minimum Gasteiger partial charge on any atom is -0.374 e. The standard InChI is InChI=1S/C20H26N4O2/c1-13-7-5-11-17(21-13)19(25)23-15-9-3-4-10-16(15)24-20(26)18-12-6-8-14(2)22-18/h3-5,7,9-11,14,17-18,21-22H,6,8,12H2,1-2H3,(H,23,25)(H,24,26). The molecule has 0 radical (unpaired) electrons. The number of hydrogen-bond acceptors (Lipinski definition) is 4. The molecule has 0 aliphatic carbocycles. The van der Waals surface area contributed by atoms with Gasteiger partial charge in [-0.05, 0) is 51.3 Å². The average molecular weight is 354 g/mol. The normalized spacial score (nSPS) is 25.0. The van der Waals surface area contributed by atoms with Gasteiger partial charge in [-0.2, -0.15) is 0 Å². The first-order chi connectivity index (χ1) is 12.5. The number of rotatable bonds is 4. The summed E-state index contributed by atoms with van der Waals surface area (Å²) in [5, 5.41) is 12.3. The molecule has 138 valence electrons. The second kappa shape index (κ2) is 8.19. The van der Waals surface area contributed by atoms with Gasteiger partial charge in [0.15, 0.2) is 0 Å². The van der Waals surface area contributed by atoms with Crippen molar-refractivity contribution in [3.8, 4) is 0 Å². The van der Waals surface area contributed by atoms with E-state index in [1.807, 2.05) is 31.2 Å². The minimum atomic E-state index is -0.426. The molecule has 2 aliphatic heterocycles.